The average molecular weight is 187 g/mol. The van der Waals surface area contributed by atoms with Crippen molar-refractivity contribution in [1.82, 2.24) is 15.8 Å². The number of nitrogens with one attached hydrogen (secondary N) is 2. The van der Waals surface area contributed by atoms with E-state index in [1.54, 1.807) is 0 Å². The Bertz CT molecular complexity index is 265. The Morgan fingerprint density at radius 2 is 2.15 bits per heavy atom. The molecule has 1 fully saturated rings. The van der Waals surface area contributed by atoms with Gasteiger partial charge in [0.15, 0.2) is 0 Å². The molecule has 0 saturated carbocycles. The van der Waals surface area contributed by atoms with Gasteiger partial charge in [-0.3, -0.25) is 15.1 Å². The summed E-state index contributed by atoms with van der Waals surface area (Å²) in [6, 6.07) is -1.77. The van der Waals surface area contributed by atoms with Crippen LogP contribution in [0.3, 0.4) is 0 Å². The molecule has 1 aliphatic heterocycles. The van der Waals surface area contributed by atoms with E-state index in [1.165, 1.54) is 7.05 Å². The third kappa shape index (κ3) is 1.75. The monoisotopic (exact) mass is 187 g/mol. The number of imide groups is 1. The highest BCUT2D eigenvalue weighted by Gasteiger charge is 2.35. The van der Waals surface area contributed by atoms with Gasteiger partial charge in [-0.1, -0.05) is 0 Å². The molecule has 0 bridgehead atoms. The van der Waals surface area contributed by atoms with E-state index in [0.717, 1.165) is 12.1 Å². The number of hydrogen-bond acceptors (Lipinski definition) is 5. The number of methoxy groups -OCH3 is 1. The molecule has 2 N–H and O–H groups in total. The molecule has 0 spiro atoms. The fraction of sp³-hybridized carbons (Fsp3) is 0.500. The van der Waals surface area contributed by atoms with Crippen molar-refractivity contribution in [3.8, 4) is 0 Å². The fourth-order valence-electron chi connectivity index (χ4n) is 0.850. The molecule has 3 amide bonds. The topological polar surface area (TPSA) is 87.7 Å². The summed E-state index contributed by atoms with van der Waals surface area (Å²) < 4.78 is 4.34. The van der Waals surface area contributed by atoms with Crippen molar-refractivity contribution in [3.05, 3.63) is 0 Å². The predicted octanol–water partition coefficient (Wildman–Crippen LogP) is -1.79. The Labute approximate surface area is 74.0 Å². The van der Waals surface area contributed by atoms with E-state index < -0.39 is 23.9 Å². The molecule has 0 radical (unpaired) electrons. The molecule has 0 aromatic heterocycles. The van der Waals surface area contributed by atoms with Gasteiger partial charge in [0.1, 0.15) is 0 Å². The van der Waals surface area contributed by atoms with E-state index in [0.29, 0.717) is 0 Å². The van der Waals surface area contributed by atoms with Gasteiger partial charge in [-0.25, -0.2) is 15.0 Å². The van der Waals surface area contributed by atoms with Crippen LogP contribution in [0.1, 0.15) is 0 Å². The Morgan fingerprint density at radius 1 is 1.54 bits per heavy atom. The number of carbonyl (C=O) groups is 3. The molecular weight excluding hydrogens is 178 g/mol. The van der Waals surface area contributed by atoms with Crippen molar-refractivity contribution in [3.63, 3.8) is 0 Å². The molecule has 1 heterocycles. The van der Waals surface area contributed by atoms with E-state index in [9.17, 15) is 14.4 Å². The Hall–Kier alpha value is -1.63. The molecule has 13 heavy (non-hydrogen) atoms. The highest BCUT2D eigenvalue weighted by Crippen LogP contribution is 1.96. The minimum Gasteiger partial charge on any atom is -0.467 e. The summed E-state index contributed by atoms with van der Waals surface area (Å²) in [5, 5.41) is 2.98. The van der Waals surface area contributed by atoms with Crippen molar-refractivity contribution in [2.24, 2.45) is 0 Å². The molecule has 72 valence electrons. The second-order valence-corrected chi connectivity index (χ2v) is 2.44. The van der Waals surface area contributed by atoms with Crippen LogP contribution in [0, 0.1) is 0 Å². The van der Waals surface area contributed by atoms with Gasteiger partial charge in [0.05, 0.1) is 7.11 Å². The number of hydrazine groups is 1. The minimum atomic E-state index is -1.16. The lowest BCUT2D eigenvalue weighted by Gasteiger charge is -2.28. The molecule has 0 aliphatic carbocycles. The van der Waals surface area contributed by atoms with Gasteiger partial charge in [-0.05, 0) is 0 Å². The van der Waals surface area contributed by atoms with E-state index in [2.05, 4.69) is 10.2 Å². The van der Waals surface area contributed by atoms with Crippen molar-refractivity contribution in [2.45, 2.75) is 6.04 Å². The summed E-state index contributed by atoms with van der Waals surface area (Å²) in [4.78, 5) is 32.8. The molecule has 1 saturated heterocycles. The smallest absolute Gasteiger partial charge is 0.338 e. The minimum absolute atomic E-state index is 0.606. The second-order valence-electron chi connectivity index (χ2n) is 2.44. The van der Waals surface area contributed by atoms with E-state index >= 15 is 0 Å². The molecule has 7 nitrogen and oxygen atoms in total. The van der Waals surface area contributed by atoms with Gasteiger partial charge >= 0.3 is 12.0 Å². The van der Waals surface area contributed by atoms with Crippen molar-refractivity contribution >= 4 is 17.9 Å². The number of nitrogens with zero attached hydrogens (tertiary/aromatic N) is 1. The first-order valence-corrected chi connectivity index (χ1v) is 3.49. The lowest BCUT2D eigenvalue weighted by Crippen LogP contribution is -2.65. The van der Waals surface area contributed by atoms with E-state index in [4.69, 9.17) is 0 Å². The first kappa shape index (κ1) is 9.46. The zero-order chi connectivity index (χ0) is 10.0. The third-order valence-corrected chi connectivity index (χ3v) is 1.56. The predicted molar refractivity (Wildman–Crippen MR) is 40.2 cm³/mol. The first-order chi connectivity index (χ1) is 6.06. The van der Waals surface area contributed by atoms with Crippen molar-refractivity contribution in [2.75, 3.05) is 14.2 Å². The van der Waals surface area contributed by atoms with Gasteiger partial charge in [-0.15, -0.1) is 0 Å². The van der Waals surface area contributed by atoms with Crippen LogP contribution >= 0.6 is 0 Å². The number of esters is 1. The van der Waals surface area contributed by atoms with Gasteiger partial charge < -0.3 is 4.74 Å². The van der Waals surface area contributed by atoms with Crippen LogP contribution in [0.25, 0.3) is 0 Å². The van der Waals surface area contributed by atoms with Gasteiger partial charge in [0.2, 0.25) is 6.04 Å². The summed E-state index contributed by atoms with van der Waals surface area (Å²) in [6.07, 6.45) is 0. The summed E-state index contributed by atoms with van der Waals surface area (Å²) in [5.74, 6) is -1.45. The van der Waals surface area contributed by atoms with Crippen LogP contribution in [0.2, 0.25) is 0 Å². The van der Waals surface area contributed by atoms with E-state index in [1.807, 2.05) is 5.32 Å². The normalized spacial score (nSPS) is 22.6. The summed E-state index contributed by atoms with van der Waals surface area (Å²) >= 11 is 0. The second kappa shape index (κ2) is 3.40. The van der Waals surface area contributed by atoms with Gasteiger partial charge in [0, 0.05) is 7.05 Å². The van der Waals surface area contributed by atoms with Crippen LogP contribution in [-0.4, -0.2) is 43.1 Å². The quantitative estimate of drug-likeness (QED) is 0.374. The Balaban J connectivity index is 2.72. The molecule has 1 atom stereocenters. The molecule has 1 rings (SSSR count). The molecule has 1 aliphatic rings. The largest absolute Gasteiger partial charge is 0.467 e. The number of urea groups is 1. The van der Waals surface area contributed by atoms with Crippen LogP contribution < -0.4 is 10.7 Å². The SMILES string of the molecule is COC(=O)C1NN(C)C(=O)NC1=O. The Morgan fingerprint density at radius 3 is 2.69 bits per heavy atom. The van der Waals surface area contributed by atoms with Gasteiger partial charge in [0.25, 0.3) is 5.91 Å². The van der Waals surface area contributed by atoms with Crippen molar-refractivity contribution < 1.29 is 19.1 Å². The van der Waals surface area contributed by atoms with Gasteiger partial charge in [-0.2, -0.15) is 0 Å². The van der Waals surface area contributed by atoms with Crippen LogP contribution in [-0.2, 0) is 14.3 Å². The Kier molecular flexibility index (Phi) is 2.47. The van der Waals surface area contributed by atoms with Crippen LogP contribution in [0.4, 0.5) is 4.79 Å². The lowest BCUT2D eigenvalue weighted by molar-refractivity contribution is -0.149. The highest BCUT2D eigenvalue weighted by atomic mass is 16.5. The fourth-order valence-corrected chi connectivity index (χ4v) is 0.850. The zero-order valence-corrected chi connectivity index (χ0v) is 7.16. The molecule has 7 heteroatoms. The number of ether oxygens (including phenoxy) is 1. The summed E-state index contributed by atoms with van der Waals surface area (Å²) in [6.45, 7) is 0. The first-order valence-electron chi connectivity index (χ1n) is 3.49. The standard InChI is InChI=1S/C6H9N3O4/c1-9-6(12)7-4(10)3(8-9)5(11)13-2/h3,8H,1-2H3,(H,7,10,12). The molecular formula is C6H9N3O4. The number of amides is 3. The summed E-state index contributed by atoms with van der Waals surface area (Å²) in [7, 11) is 2.55. The lowest BCUT2D eigenvalue weighted by atomic mass is 10.3. The molecule has 0 aromatic rings. The number of carbonyl (C=O) groups excluding carboxylic acids is 3. The average Bonchev–Trinajstić information content (AvgIpc) is 2.10. The molecule has 1 unspecified atom stereocenters. The zero-order valence-electron chi connectivity index (χ0n) is 7.16. The third-order valence-electron chi connectivity index (χ3n) is 1.56. The number of hydrogen-bond donors (Lipinski definition) is 2. The van der Waals surface area contributed by atoms with Crippen LogP contribution in [0.5, 0.6) is 0 Å². The number of rotatable bonds is 1. The maximum atomic E-state index is 11.0. The summed E-state index contributed by atoms with van der Waals surface area (Å²) in [5.41, 5.74) is 2.36. The maximum absolute atomic E-state index is 11.0. The van der Waals surface area contributed by atoms with Crippen LogP contribution in [0.15, 0.2) is 0 Å². The van der Waals surface area contributed by atoms with Crippen molar-refractivity contribution in [1.29, 1.82) is 0 Å². The highest BCUT2D eigenvalue weighted by molar-refractivity contribution is 6.09. The maximum Gasteiger partial charge on any atom is 0.338 e. The molecule has 0 aromatic carbocycles. The van der Waals surface area contributed by atoms with E-state index in [-0.39, 0.29) is 0 Å².